The lowest BCUT2D eigenvalue weighted by atomic mass is 9.88. The summed E-state index contributed by atoms with van der Waals surface area (Å²) in [6.45, 7) is 0. The summed E-state index contributed by atoms with van der Waals surface area (Å²) in [5.41, 5.74) is 3.69. The van der Waals surface area contributed by atoms with Crippen LogP contribution in [0.5, 0.6) is 0 Å². The van der Waals surface area contributed by atoms with E-state index in [2.05, 4.69) is 31.8 Å². The third-order valence-corrected chi connectivity index (χ3v) is 5.18. The van der Waals surface area contributed by atoms with Gasteiger partial charge in [-0.2, -0.15) is 5.10 Å². The zero-order valence-corrected chi connectivity index (χ0v) is 16.8. The number of hydrogen-bond donors (Lipinski definition) is 2. The molecule has 146 valence electrons. The number of halogens is 2. The molecule has 0 heterocycles. The molecule has 0 unspecified atom stereocenters. The van der Waals surface area contributed by atoms with Crippen LogP contribution in [0.4, 0.5) is 10.1 Å². The summed E-state index contributed by atoms with van der Waals surface area (Å²) in [6.07, 6.45) is 6.39. The van der Waals surface area contributed by atoms with Gasteiger partial charge in [0.25, 0.3) is 5.91 Å². The van der Waals surface area contributed by atoms with Crippen molar-refractivity contribution in [2.24, 2.45) is 11.0 Å². The molecule has 1 aliphatic rings. The molecule has 0 saturated heterocycles. The van der Waals surface area contributed by atoms with Gasteiger partial charge in [-0.3, -0.25) is 9.59 Å². The minimum atomic E-state index is -0.465. The van der Waals surface area contributed by atoms with Crippen LogP contribution in [0, 0.1) is 11.7 Å². The first-order valence-electron chi connectivity index (χ1n) is 9.22. The quantitative estimate of drug-likeness (QED) is 0.508. The Bertz CT molecular complexity index is 895. The minimum Gasteiger partial charge on any atom is -0.325 e. The molecule has 0 radical (unpaired) electrons. The van der Waals surface area contributed by atoms with E-state index in [0.29, 0.717) is 21.3 Å². The van der Waals surface area contributed by atoms with Gasteiger partial charge in [-0.1, -0.05) is 47.3 Å². The van der Waals surface area contributed by atoms with E-state index < -0.39 is 5.91 Å². The van der Waals surface area contributed by atoms with Crippen molar-refractivity contribution in [3.05, 3.63) is 63.9 Å². The van der Waals surface area contributed by atoms with Crippen molar-refractivity contribution >= 4 is 39.6 Å². The first-order chi connectivity index (χ1) is 13.5. The molecule has 1 fully saturated rings. The van der Waals surface area contributed by atoms with Gasteiger partial charge in [0.05, 0.1) is 17.5 Å². The van der Waals surface area contributed by atoms with E-state index in [1.807, 2.05) is 0 Å². The van der Waals surface area contributed by atoms with Crippen LogP contribution in [0.15, 0.2) is 52.0 Å². The lowest BCUT2D eigenvalue weighted by Gasteiger charge is -2.21. The van der Waals surface area contributed by atoms with Crippen molar-refractivity contribution in [1.29, 1.82) is 0 Å². The average Bonchev–Trinajstić information content (AvgIpc) is 2.70. The number of anilines is 1. The first kappa shape index (κ1) is 20.2. The second-order valence-electron chi connectivity index (χ2n) is 6.77. The minimum absolute atomic E-state index is 0.0145. The summed E-state index contributed by atoms with van der Waals surface area (Å²) < 4.78 is 13.9. The molecule has 3 rings (SSSR count). The molecule has 0 atom stereocenters. The maximum Gasteiger partial charge on any atom is 0.273 e. The smallest absolute Gasteiger partial charge is 0.273 e. The summed E-state index contributed by atoms with van der Waals surface area (Å²) in [4.78, 5) is 25.1. The molecule has 1 saturated carbocycles. The monoisotopic (exact) mass is 445 g/mol. The Hall–Kier alpha value is -2.54. The van der Waals surface area contributed by atoms with Crippen LogP contribution < -0.4 is 10.7 Å². The number of amides is 2. The highest BCUT2D eigenvalue weighted by Gasteiger charge is 2.22. The van der Waals surface area contributed by atoms with Crippen molar-refractivity contribution < 1.29 is 14.0 Å². The summed E-state index contributed by atoms with van der Waals surface area (Å²) >= 11 is 3.35. The highest BCUT2D eigenvalue weighted by atomic mass is 79.9. The van der Waals surface area contributed by atoms with Gasteiger partial charge in [0.2, 0.25) is 5.91 Å². The van der Waals surface area contributed by atoms with Crippen molar-refractivity contribution in [1.82, 2.24) is 5.43 Å². The molecule has 2 aromatic carbocycles. The van der Waals surface area contributed by atoms with Gasteiger partial charge >= 0.3 is 0 Å². The molecule has 1 aliphatic carbocycles. The molecule has 0 bridgehead atoms. The first-order valence-corrected chi connectivity index (χ1v) is 10.0. The van der Waals surface area contributed by atoms with Crippen molar-refractivity contribution in [3.63, 3.8) is 0 Å². The Morgan fingerprint density at radius 2 is 1.89 bits per heavy atom. The Labute approximate surface area is 171 Å². The predicted octanol–water partition coefficient (Wildman–Crippen LogP) is 4.87. The highest BCUT2D eigenvalue weighted by molar-refractivity contribution is 9.10. The lowest BCUT2D eigenvalue weighted by Crippen LogP contribution is -2.27. The van der Waals surface area contributed by atoms with Gasteiger partial charge in [-0.25, -0.2) is 9.82 Å². The van der Waals surface area contributed by atoms with Gasteiger partial charge in [0, 0.05) is 10.4 Å². The van der Waals surface area contributed by atoms with E-state index in [9.17, 15) is 14.0 Å². The fourth-order valence-corrected chi connectivity index (χ4v) is 3.59. The molecular formula is C21H21BrFN3O2. The molecule has 0 aromatic heterocycles. The SMILES string of the molecule is O=C(NN=Cc1cccc(F)c1)c1cc(Br)ccc1NC(=O)C1CCCCC1. The number of hydrogen-bond acceptors (Lipinski definition) is 3. The molecule has 28 heavy (non-hydrogen) atoms. The second-order valence-corrected chi connectivity index (χ2v) is 7.68. The number of rotatable bonds is 5. The highest BCUT2D eigenvalue weighted by Crippen LogP contribution is 2.27. The van der Waals surface area contributed by atoms with E-state index >= 15 is 0 Å². The molecule has 2 aromatic rings. The lowest BCUT2D eigenvalue weighted by molar-refractivity contribution is -0.120. The van der Waals surface area contributed by atoms with Crippen LogP contribution in [0.25, 0.3) is 0 Å². The molecule has 5 nitrogen and oxygen atoms in total. The number of hydrazone groups is 1. The van der Waals surface area contributed by atoms with E-state index in [4.69, 9.17) is 0 Å². The largest absolute Gasteiger partial charge is 0.325 e. The third kappa shape index (κ3) is 5.48. The number of nitrogens with one attached hydrogen (secondary N) is 2. The number of nitrogens with zero attached hydrogens (tertiary/aromatic N) is 1. The number of carbonyl (C=O) groups excluding carboxylic acids is 2. The van der Waals surface area contributed by atoms with Crippen LogP contribution in [-0.2, 0) is 4.79 Å². The predicted molar refractivity (Wildman–Crippen MR) is 111 cm³/mol. The van der Waals surface area contributed by atoms with Crippen LogP contribution in [0.2, 0.25) is 0 Å². The summed E-state index contributed by atoms with van der Waals surface area (Å²) in [6, 6.07) is 11.0. The van der Waals surface area contributed by atoms with Crippen LogP contribution in [-0.4, -0.2) is 18.0 Å². The Kier molecular flexibility index (Phi) is 6.92. The standard InChI is InChI=1S/C21H21BrFN3O2/c22-16-9-10-19(25-20(27)15-6-2-1-3-7-15)18(12-16)21(28)26-24-13-14-5-4-8-17(23)11-14/h4-5,8-13,15H,1-3,6-7H2,(H,25,27)(H,26,28). The van der Waals surface area contributed by atoms with Crippen LogP contribution >= 0.6 is 15.9 Å². The Morgan fingerprint density at radius 1 is 1.11 bits per heavy atom. The molecule has 2 amide bonds. The molecule has 7 heteroatoms. The van der Waals surface area contributed by atoms with Gasteiger partial charge in [0.1, 0.15) is 5.82 Å². The van der Waals surface area contributed by atoms with Crippen LogP contribution in [0.1, 0.15) is 48.0 Å². The summed E-state index contributed by atoms with van der Waals surface area (Å²) in [5.74, 6) is -0.915. The van der Waals surface area contributed by atoms with E-state index in [1.165, 1.54) is 24.8 Å². The zero-order valence-electron chi connectivity index (χ0n) is 15.3. The van der Waals surface area contributed by atoms with E-state index in [0.717, 1.165) is 25.7 Å². The second kappa shape index (κ2) is 9.59. The van der Waals surface area contributed by atoms with Gasteiger partial charge < -0.3 is 5.32 Å². The van der Waals surface area contributed by atoms with E-state index in [-0.39, 0.29) is 17.6 Å². The van der Waals surface area contributed by atoms with Crippen molar-refractivity contribution in [2.45, 2.75) is 32.1 Å². The third-order valence-electron chi connectivity index (χ3n) is 4.69. The maximum absolute atomic E-state index is 13.2. The average molecular weight is 446 g/mol. The number of carbonyl (C=O) groups is 2. The summed E-state index contributed by atoms with van der Waals surface area (Å²) in [5, 5.41) is 6.76. The molecule has 0 spiro atoms. The van der Waals surface area contributed by atoms with Gasteiger partial charge in [-0.15, -0.1) is 0 Å². The topological polar surface area (TPSA) is 70.6 Å². The van der Waals surface area contributed by atoms with E-state index in [1.54, 1.807) is 30.3 Å². The summed E-state index contributed by atoms with van der Waals surface area (Å²) in [7, 11) is 0. The molecular weight excluding hydrogens is 425 g/mol. The number of benzene rings is 2. The molecule has 2 N–H and O–H groups in total. The fraction of sp³-hybridized carbons (Fsp3) is 0.286. The fourth-order valence-electron chi connectivity index (χ4n) is 3.23. The maximum atomic E-state index is 13.2. The molecule has 0 aliphatic heterocycles. The van der Waals surface area contributed by atoms with Crippen molar-refractivity contribution in [3.8, 4) is 0 Å². The Balaban J connectivity index is 1.70. The normalized spacial score (nSPS) is 14.8. The van der Waals surface area contributed by atoms with Crippen LogP contribution in [0.3, 0.4) is 0 Å². The zero-order chi connectivity index (χ0) is 19.9. The van der Waals surface area contributed by atoms with Gasteiger partial charge in [-0.05, 0) is 48.7 Å². The van der Waals surface area contributed by atoms with Crippen molar-refractivity contribution in [2.75, 3.05) is 5.32 Å². The Morgan fingerprint density at radius 3 is 2.64 bits per heavy atom. The van der Waals surface area contributed by atoms with Gasteiger partial charge in [0.15, 0.2) is 0 Å².